The van der Waals surface area contributed by atoms with Crippen molar-refractivity contribution in [2.24, 2.45) is 12.1 Å². The first kappa shape index (κ1) is 23.8. The molecule has 36 heavy (non-hydrogen) atoms. The van der Waals surface area contributed by atoms with Crippen LogP contribution in [-0.2, 0) is 18.4 Å². The van der Waals surface area contributed by atoms with E-state index in [1.54, 1.807) is 25.0 Å². The Morgan fingerprint density at radius 3 is 2.58 bits per heavy atom. The van der Waals surface area contributed by atoms with Crippen LogP contribution in [0.15, 0.2) is 41.8 Å². The van der Waals surface area contributed by atoms with Crippen molar-refractivity contribution in [2.75, 3.05) is 20.2 Å². The molecule has 5 rings (SSSR count). The van der Waals surface area contributed by atoms with E-state index in [1.807, 2.05) is 0 Å². The summed E-state index contributed by atoms with van der Waals surface area (Å²) in [7, 11) is 3.32. The zero-order valence-corrected chi connectivity index (χ0v) is 19.6. The summed E-state index contributed by atoms with van der Waals surface area (Å²) in [5.74, 6) is -2.06. The van der Waals surface area contributed by atoms with Crippen LogP contribution in [0.1, 0.15) is 23.6 Å². The fourth-order valence-corrected chi connectivity index (χ4v) is 4.35. The average molecular weight is 500 g/mol. The highest BCUT2D eigenvalue weighted by Crippen LogP contribution is 2.32. The first-order chi connectivity index (χ1) is 17.3. The molecule has 4 heterocycles. The van der Waals surface area contributed by atoms with Gasteiger partial charge in [0.25, 0.3) is 0 Å². The molecule has 1 atom stereocenters. The number of urea groups is 1. The zero-order chi connectivity index (χ0) is 25.4. The Balaban J connectivity index is 1.25. The number of ether oxygens (including phenoxy) is 2. The molecule has 12 heteroatoms. The number of rotatable bonds is 6. The number of methoxy groups -OCH3 is 1. The Morgan fingerprint density at radius 1 is 1.11 bits per heavy atom. The Hall–Kier alpha value is -3.93. The number of nitrogens with zero attached hydrogens (tertiary/aromatic N) is 6. The zero-order valence-electron chi connectivity index (χ0n) is 19.6. The number of amides is 2. The van der Waals surface area contributed by atoms with Gasteiger partial charge in [-0.05, 0) is 17.7 Å². The molecule has 0 saturated carbocycles. The summed E-state index contributed by atoms with van der Waals surface area (Å²) in [6.07, 6.45) is 4.17. The molecule has 0 bridgehead atoms. The van der Waals surface area contributed by atoms with Crippen molar-refractivity contribution < 1.29 is 27.4 Å². The van der Waals surface area contributed by atoms with Crippen LogP contribution in [0.4, 0.5) is 18.0 Å². The topological polar surface area (TPSA) is 85.1 Å². The SMILES string of the molecule is COCc1cnn(C)c1-c1cc(OC2CN(C(=O)N3N=CC[C@H]3c3cc(F)cc(F)c3)C2)c(F)cn1. The molecule has 0 radical (unpaired) electrons. The van der Waals surface area contributed by atoms with E-state index in [9.17, 15) is 18.0 Å². The van der Waals surface area contributed by atoms with Gasteiger partial charge in [-0.2, -0.15) is 10.2 Å². The minimum atomic E-state index is -0.721. The van der Waals surface area contributed by atoms with Gasteiger partial charge in [-0.1, -0.05) is 0 Å². The maximum Gasteiger partial charge on any atom is 0.341 e. The van der Waals surface area contributed by atoms with Crippen molar-refractivity contribution in [3.8, 4) is 17.1 Å². The van der Waals surface area contributed by atoms with Crippen LogP contribution < -0.4 is 4.74 Å². The van der Waals surface area contributed by atoms with Gasteiger partial charge in [-0.25, -0.2) is 23.0 Å². The molecule has 9 nitrogen and oxygen atoms in total. The lowest BCUT2D eigenvalue weighted by Gasteiger charge is -2.41. The molecule has 0 spiro atoms. The summed E-state index contributed by atoms with van der Waals surface area (Å²) in [6.45, 7) is 0.722. The molecule has 0 unspecified atom stereocenters. The molecule has 2 amide bonds. The van der Waals surface area contributed by atoms with E-state index in [0.29, 0.717) is 30.0 Å². The van der Waals surface area contributed by atoms with Crippen LogP contribution in [0.25, 0.3) is 11.4 Å². The first-order valence-corrected chi connectivity index (χ1v) is 11.2. The van der Waals surface area contributed by atoms with Gasteiger partial charge in [0.15, 0.2) is 11.6 Å². The van der Waals surface area contributed by atoms with Gasteiger partial charge in [0.2, 0.25) is 0 Å². The lowest BCUT2D eigenvalue weighted by molar-refractivity contribution is 0.0256. The fourth-order valence-electron chi connectivity index (χ4n) is 4.35. The van der Waals surface area contributed by atoms with Crippen LogP contribution >= 0.6 is 0 Å². The molecular formula is C24H23F3N6O3. The molecule has 0 aliphatic carbocycles. The maximum atomic E-state index is 14.5. The second-order valence-electron chi connectivity index (χ2n) is 8.60. The number of pyridine rings is 1. The van der Waals surface area contributed by atoms with Crippen molar-refractivity contribution >= 4 is 12.2 Å². The minimum Gasteiger partial charge on any atom is -0.483 e. The van der Waals surface area contributed by atoms with E-state index in [0.717, 1.165) is 17.8 Å². The van der Waals surface area contributed by atoms with E-state index in [2.05, 4.69) is 15.2 Å². The number of carbonyl (C=O) groups excluding carboxylic acids is 1. The number of benzene rings is 1. The third kappa shape index (κ3) is 4.51. The van der Waals surface area contributed by atoms with Crippen molar-refractivity contribution in [2.45, 2.75) is 25.2 Å². The van der Waals surface area contributed by atoms with Crippen LogP contribution in [0.5, 0.6) is 5.75 Å². The summed E-state index contributed by atoms with van der Waals surface area (Å²) in [5.41, 5.74) is 2.27. The van der Waals surface area contributed by atoms with Gasteiger partial charge < -0.3 is 14.4 Å². The van der Waals surface area contributed by atoms with Gasteiger partial charge in [-0.3, -0.25) is 9.67 Å². The first-order valence-electron chi connectivity index (χ1n) is 11.2. The van der Waals surface area contributed by atoms with Gasteiger partial charge in [0.05, 0.1) is 49.5 Å². The predicted molar refractivity (Wildman–Crippen MR) is 123 cm³/mol. The Bertz CT molecular complexity index is 1300. The number of hydrogen-bond donors (Lipinski definition) is 0. The van der Waals surface area contributed by atoms with E-state index in [4.69, 9.17) is 9.47 Å². The second-order valence-corrected chi connectivity index (χ2v) is 8.60. The number of halogens is 3. The molecular weight excluding hydrogens is 477 g/mol. The van der Waals surface area contributed by atoms with Gasteiger partial charge in [-0.15, -0.1) is 0 Å². The fraction of sp³-hybridized carbons (Fsp3) is 0.333. The molecule has 2 aliphatic heterocycles. The smallest absolute Gasteiger partial charge is 0.341 e. The van der Waals surface area contributed by atoms with Crippen LogP contribution in [0, 0.1) is 17.5 Å². The quantitative estimate of drug-likeness (QED) is 0.516. The third-order valence-corrected chi connectivity index (χ3v) is 6.08. The number of aromatic nitrogens is 3. The highest BCUT2D eigenvalue weighted by molar-refractivity contribution is 5.79. The van der Waals surface area contributed by atoms with Crippen molar-refractivity contribution in [1.82, 2.24) is 24.7 Å². The van der Waals surface area contributed by atoms with E-state index >= 15 is 0 Å². The summed E-state index contributed by atoms with van der Waals surface area (Å²) in [5, 5.41) is 9.52. The third-order valence-electron chi connectivity index (χ3n) is 6.08. The standard InChI is InChI=1S/C24H23F3N6O3/c1-31-23(15(9-30-31)13-35-2)20-8-22(19(27)10-28-20)36-18-11-32(12-18)24(34)33-21(3-4-29-33)14-5-16(25)7-17(26)6-14/h4-10,18,21H,3,11-13H2,1-2H3/t21-/m0/s1. The maximum absolute atomic E-state index is 14.5. The second kappa shape index (κ2) is 9.61. The molecule has 0 N–H and O–H groups in total. The summed E-state index contributed by atoms with van der Waals surface area (Å²) >= 11 is 0. The van der Waals surface area contributed by atoms with Crippen LogP contribution in [0.3, 0.4) is 0 Å². The lowest BCUT2D eigenvalue weighted by Crippen LogP contribution is -2.58. The molecule has 3 aromatic rings. The average Bonchev–Trinajstić information content (AvgIpc) is 3.44. The number of hydrogen-bond acceptors (Lipinski definition) is 6. The van der Waals surface area contributed by atoms with E-state index < -0.39 is 35.6 Å². The highest BCUT2D eigenvalue weighted by atomic mass is 19.1. The Morgan fingerprint density at radius 2 is 1.86 bits per heavy atom. The normalized spacial score (nSPS) is 17.5. The largest absolute Gasteiger partial charge is 0.483 e. The summed E-state index contributed by atoms with van der Waals surface area (Å²) in [4.78, 5) is 18.6. The highest BCUT2D eigenvalue weighted by Gasteiger charge is 2.39. The molecule has 1 aromatic carbocycles. The number of aryl methyl sites for hydroxylation is 1. The van der Waals surface area contributed by atoms with Crippen LogP contribution in [0.2, 0.25) is 0 Å². The molecule has 2 aliphatic rings. The van der Waals surface area contributed by atoms with E-state index in [-0.39, 0.29) is 18.8 Å². The van der Waals surface area contributed by atoms with Gasteiger partial charge in [0, 0.05) is 44.5 Å². The van der Waals surface area contributed by atoms with E-state index in [1.165, 1.54) is 34.3 Å². The van der Waals surface area contributed by atoms with Crippen molar-refractivity contribution in [3.63, 3.8) is 0 Å². The van der Waals surface area contributed by atoms with Gasteiger partial charge in [0.1, 0.15) is 17.7 Å². The number of hydrazone groups is 1. The van der Waals surface area contributed by atoms with Crippen molar-refractivity contribution in [1.29, 1.82) is 0 Å². The summed E-state index contributed by atoms with van der Waals surface area (Å²) < 4.78 is 54.5. The molecule has 2 aromatic heterocycles. The molecule has 1 saturated heterocycles. The molecule has 188 valence electrons. The van der Waals surface area contributed by atoms with Crippen molar-refractivity contribution in [3.05, 3.63) is 65.2 Å². The Kier molecular flexibility index (Phi) is 6.35. The monoisotopic (exact) mass is 500 g/mol. The summed E-state index contributed by atoms with van der Waals surface area (Å²) in [6, 6.07) is 3.62. The number of likely N-dealkylation sites (tertiary alicyclic amines) is 1. The minimum absolute atomic E-state index is 0.00831. The van der Waals surface area contributed by atoms with Gasteiger partial charge >= 0.3 is 6.03 Å². The molecule has 1 fully saturated rings. The lowest BCUT2D eigenvalue weighted by atomic mass is 10.0. The number of carbonyl (C=O) groups is 1. The van der Waals surface area contributed by atoms with Crippen LogP contribution in [-0.4, -0.2) is 63.2 Å². The Labute approximate surface area is 204 Å². The predicted octanol–water partition coefficient (Wildman–Crippen LogP) is 3.66.